The summed E-state index contributed by atoms with van der Waals surface area (Å²) < 4.78 is 0.834. The molecule has 0 radical (unpaired) electrons. The number of anilines is 1. The van der Waals surface area contributed by atoms with E-state index in [1.54, 1.807) is 0 Å². The minimum Gasteiger partial charge on any atom is -0.381 e. The predicted octanol–water partition coefficient (Wildman–Crippen LogP) is 4.17. The van der Waals surface area contributed by atoms with Gasteiger partial charge in [0, 0.05) is 10.5 Å². The van der Waals surface area contributed by atoms with Gasteiger partial charge in [0.15, 0.2) is 0 Å². The lowest BCUT2D eigenvalue weighted by molar-refractivity contribution is 0.359. The fourth-order valence-corrected chi connectivity index (χ4v) is 1.66. The summed E-state index contributed by atoms with van der Waals surface area (Å²) in [7, 11) is 0. The van der Waals surface area contributed by atoms with Crippen molar-refractivity contribution in [1.82, 2.24) is 0 Å². The van der Waals surface area contributed by atoms with Gasteiger partial charge < -0.3 is 5.32 Å². The molecule has 1 N–H and O–H groups in total. The SMILES string of the molecule is CC(Nc1cccc(Br)c1C#N)C(C)(C)C. The first-order chi connectivity index (χ1) is 7.36. The fraction of sp³-hybridized carbons (Fsp3) is 0.462. The number of rotatable bonds is 2. The fourth-order valence-electron chi connectivity index (χ4n) is 1.21. The minimum absolute atomic E-state index is 0.162. The van der Waals surface area contributed by atoms with Crippen LogP contribution in [0.5, 0.6) is 0 Å². The molecule has 1 aromatic rings. The van der Waals surface area contributed by atoms with E-state index >= 15 is 0 Å². The Morgan fingerprint density at radius 3 is 2.50 bits per heavy atom. The van der Waals surface area contributed by atoms with Crippen LogP contribution in [0.3, 0.4) is 0 Å². The molecule has 16 heavy (non-hydrogen) atoms. The summed E-state index contributed by atoms with van der Waals surface area (Å²) in [5, 5.41) is 12.5. The quantitative estimate of drug-likeness (QED) is 0.883. The molecule has 1 aromatic carbocycles. The molecule has 2 nitrogen and oxygen atoms in total. The predicted molar refractivity (Wildman–Crippen MR) is 71.4 cm³/mol. The molecule has 1 atom stereocenters. The Morgan fingerprint density at radius 1 is 1.38 bits per heavy atom. The van der Waals surface area contributed by atoms with Crippen LogP contribution in [0.2, 0.25) is 0 Å². The minimum atomic E-state index is 0.162. The second-order valence-electron chi connectivity index (χ2n) is 5.01. The number of nitriles is 1. The molecule has 86 valence electrons. The maximum atomic E-state index is 9.09. The first kappa shape index (κ1) is 13.1. The summed E-state index contributed by atoms with van der Waals surface area (Å²) in [5.41, 5.74) is 1.72. The molecule has 0 aromatic heterocycles. The van der Waals surface area contributed by atoms with Crippen LogP contribution in [-0.2, 0) is 0 Å². The Labute approximate surface area is 106 Å². The zero-order valence-electron chi connectivity index (χ0n) is 10.1. The average molecular weight is 281 g/mol. The third-order valence-electron chi connectivity index (χ3n) is 2.80. The Bertz CT molecular complexity index is 413. The van der Waals surface area contributed by atoms with Crippen molar-refractivity contribution in [2.75, 3.05) is 5.32 Å². The topological polar surface area (TPSA) is 35.8 Å². The van der Waals surface area contributed by atoms with E-state index in [0.29, 0.717) is 11.6 Å². The Kier molecular flexibility index (Phi) is 3.98. The van der Waals surface area contributed by atoms with Crippen molar-refractivity contribution in [1.29, 1.82) is 5.26 Å². The van der Waals surface area contributed by atoms with Gasteiger partial charge in [-0.3, -0.25) is 0 Å². The van der Waals surface area contributed by atoms with Crippen LogP contribution in [0, 0.1) is 16.7 Å². The smallest absolute Gasteiger partial charge is 0.103 e. The van der Waals surface area contributed by atoms with Gasteiger partial charge in [0.2, 0.25) is 0 Å². The zero-order chi connectivity index (χ0) is 12.3. The van der Waals surface area contributed by atoms with Crippen LogP contribution in [0.4, 0.5) is 5.69 Å². The molecule has 0 spiro atoms. The summed E-state index contributed by atoms with van der Waals surface area (Å²) in [6.45, 7) is 8.65. The Morgan fingerprint density at radius 2 is 2.00 bits per heavy atom. The summed E-state index contributed by atoms with van der Waals surface area (Å²) >= 11 is 3.39. The van der Waals surface area contributed by atoms with Crippen molar-refractivity contribution in [3.05, 3.63) is 28.2 Å². The first-order valence-electron chi connectivity index (χ1n) is 5.31. The van der Waals surface area contributed by atoms with Gasteiger partial charge in [0.25, 0.3) is 0 Å². The molecule has 1 unspecified atom stereocenters. The molecule has 0 aliphatic carbocycles. The molecular formula is C13H17BrN2. The third-order valence-corrected chi connectivity index (χ3v) is 3.46. The Balaban J connectivity index is 2.99. The number of halogens is 1. The lowest BCUT2D eigenvalue weighted by Gasteiger charge is -2.29. The van der Waals surface area contributed by atoms with Gasteiger partial charge in [-0.25, -0.2) is 0 Å². The Hall–Kier alpha value is -1.01. The van der Waals surface area contributed by atoms with Crippen LogP contribution in [0.1, 0.15) is 33.3 Å². The molecule has 0 aliphatic heterocycles. The number of hydrogen-bond acceptors (Lipinski definition) is 2. The van der Waals surface area contributed by atoms with Gasteiger partial charge in [-0.05, 0) is 40.4 Å². The van der Waals surface area contributed by atoms with E-state index in [0.717, 1.165) is 10.2 Å². The van der Waals surface area contributed by atoms with E-state index in [1.807, 2.05) is 18.2 Å². The normalized spacial score (nSPS) is 13.0. The monoisotopic (exact) mass is 280 g/mol. The number of nitrogens with one attached hydrogen (secondary N) is 1. The van der Waals surface area contributed by atoms with E-state index in [1.165, 1.54) is 0 Å². The van der Waals surface area contributed by atoms with E-state index in [4.69, 9.17) is 5.26 Å². The largest absolute Gasteiger partial charge is 0.381 e. The van der Waals surface area contributed by atoms with Gasteiger partial charge >= 0.3 is 0 Å². The van der Waals surface area contributed by atoms with Crippen LogP contribution < -0.4 is 5.32 Å². The van der Waals surface area contributed by atoms with E-state index < -0.39 is 0 Å². The molecule has 0 saturated heterocycles. The van der Waals surface area contributed by atoms with Crippen LogP contribution >= 0.6 is 15.9 Å². The van der Waals surface area contributed by atoms with Gasteiger partial charge in [-0.15, -0.1) is 0 Å². The van der Waals surface area contributed by atoms with Crippen molar-refractivity contribution in [3.8, 4) is 6.07 Å². The standard InChI is InChI=1S/C13H17BrN2/c1-9(13(2,3)4)16-12-7-5-6-11(14)10(12)8-15/h5-7,9,16H,1-4H3. The molecule has 0 bridgehead atoms. The summed E-state index contributed by atoms with van der Waals surface area (Å²) in [6.07, 6.45) is 0. The molecule has 3 heteroatoms. The maximum absolute atomic E-state index is 9.09. The van der Waals surface area contributed by atoms with Gasteiger partial charge in [0.05, 0.1) is 11.3 Å². The van der Waals surface area contributed by atoms with Crippen molar-refractivity contribution in [2.24, 2.45) is 5.41 Å². The summed E-state index contributed by atoms with van der Waals surface area (Å²) in [5.74, 6) is 0. The van der Waals surface area contributed by atoms with Crippen molar-refractivity contribution >= 4 is 21.6 Å². The van der Waals surface area contributed by atoms with Gasteiger partial charge in [-0.2, -0.15) is 5.26 Å². The maximum Gasteiger partial charge on any atom is 0.103 e. The average Bonchev–Trinajstić information content (AvgIpc) is 2.16. The molecule has 0 aliphatic rings. The van der Waals surface area contributed by atoms with E-state index in [9.17, 15) is 0 Å². The van der Waals surface area contributed by atoms with Crippen molar-refractivity contribution in [3.63, 3.8) is 0 Å². The highest BCUT2D eigenvalue weighted by molar-refractivity contribution is 9.10. The van der Waals surface area contributed by atoms with E-state index in [2.05, 4.69) is 55.0 Å². The molecule has 0 amide bonds. The second kappa shape index (κ2) is 4.88. The van der Waals surface area contributed by atoms with E-state index in [-0.39, 0.29) is 5.41 Å². The highest BCUT2D eigenvalue weighted by Gasteiger charge is 2.20. The first-order valence-corrected chi connectivity index (χ1v) is 6.10. The summed E-state index contributed by atoms with van der Waals surface area (Å²) in [4.78, 5) is 0. The number of nitrogens with zero attached hydrogens (tertiary/aromatic N) is 1. The lowest BCUT2D eigenvalue weighted by Crippen LogP contribution is -2.31. The van der Waals surface area contributed by atoms with Crippen molar-refractivity contribution in [2.45, 2.75) is 33.7 Å². The molecule has 0 fully saturated rings. The molecule has 0 heterocycles. The number of hydrogen-bond donors (Lipinski definition) is 1. The molecular weight excluding hydrogens is 264 g/mol. The summed E-state index contributed by atoms with van der Waals surface area (Å²) in [6, 6.07) is 8.26. The molecule has 1 rings (SSSR count). The van der Waals surface area contributed by atoms with Crippen molar-refractivity contribution < 1.29 is 0 Å². The van der Waals surface area contributed by atoms with Crippen LogP contribution in [0.15, 0.2) is 22.7 Å². The lowest BCUT2D eigenvalue weighted by atomic mass is 9.88. The second-order valence-corrected chi connectivity index (χ2v) is 5.86. The molecule has 0 saturated carbocycles. The third kappa shape index (κ3) is 2.99. The van der Waals surface area contributed by atoms with Gasteiger partial charge in [-0.1, -0.05) is 26.8 Å². The highest BCUT2D eigenvalue weighted by Crippen LogP contribution is 2.28. The van der Waals surface area contributed by atoms with Crippen LogP contribution in [0.25, 0.3) is 0 Å². The van der Waals surface area contributed by atoms with Gasteiger partial charge in [0.1, 0.15) is 6.07 Å². The van der Waals surface area contributed by atoms with Crippen LogP contribution in [-0.4, -0.2) is 6.04 Å². The number of benzene rings is 1. The highest BCUT2D eigenvalue weighted by atomic mass is 79.9. The zero-order valence-corrected chi connectivity index (χ0v) is 11.7.